The Hall–Kier alpha value is -3.17. The predicted octanol–water partition coefficient (Wildman–Crippen LogP) is 5.90. The fraction of sp³-hybridized carbons (Fsp3) is 0.355. The lowest BCUT2D eigenvalue weighted by Crippen LogP contribution is -2.52. The van der Waals surface area contributed by atoms with Gasteiger partial charge in [-0.25, -0.2) is 8.42 Å². The standard InChI is InChI=1S/C31H38BrN3O4S/c1-7-24(5)33-31(37)25(6)34(19-26-9-8-10-27(32)18-26)30(36)20-35(28-14-13-22(3)23(4)17-28)40(38,39)29-15-11-21(2)12-16-29/h8-18,24-25H,7,19-20H2,1-6H3,(H,33,37)/t24-,25+/m0/s1. The highest BCUT2D eigenvalue weighted by molar-refractivity contribution is 9.10. The summed E-state index contributed by atoms with van der Waals surface area (Å²) in [6.07, 6.45) is 0.743. The third-order valence-electron chi connectivity index (χ3n) is 7.08. The molecule has 0 aliphatic rings. The Morgan fingerprint density at radius 3 is 2.20 bits per heavy atom. The lowest BCUT2D eigenvalue weighted by molar-refractivity contribution is -0.139. The molecule has 0 aliphatic heterocycles. The predicted molar refractivity (Wildman–Crippen MR) is 164 cm³/mol. The van der Waals surface area contributed by atoms with E-state index in [1.807, 2.05) is 65.0 Å². The summed E-state index contributed by atoms with van der Waals surface area (Å²) in [6, 6.07) is 18.5. The van der Waals surface area contributed by atoms with Crippen molar-refractivity contribution in [3.63, 3.8) is 0 Å². The molecule has 0 heterocycles. The van der Waals surface area contributed by atoms with Gasteiger partial charge in [0.05, 0.1) is 10.6 Å². The average Bonchev–Trinajstić information content (AvgIpc) is 2.91. The number of carbonyl (C=O) groups is 2. The maximum atomic E-state index is 14.0. The molecule has 0 bridgehead atoms. The second-order valence-corrected chi connectivity index (χ2v) is 13.0. The van der Waals surface area contributed by atoms with Crippen LogP contribution in [0.3, 0.4) is 0 Å². The number of nitrogens with one attached hydrogen (secondary N) is 1. The van der Waals surface area contributed by atoms with Crippen molar-refractivity contribution in [3.05, 3.63) is 93.5 Å². The van der Waals surface area contributed by atoms with Crippen molar-refractivity contribution in [1.29, 1.82) is 0 Å². The zero-order chi connectivity index (χ0) is 29.6. The molecule has 0 saturated heterocycles. The summed E-state index contributed by atoms with van der Waals surface area (Å²) in [4.78, 5) is 28.7. The number of halogens is 1. The third kappa shape index (κ3) is 7.73. The zero-order valence-electron chi connectivity index (χ0n) is 23.9. The van der Waals surface area contributed by atoms with E-state index in [4.69, 9.17) is 0 Å². The number of hydrogen-bond donors (Lipinski definition) is 1. The topological polar surface area (TPSA) is 86.8 Å². The molecule has 2 atom stereocenters. The number of anilines is 1. The number of sulfonamides is 1. The van der Waals surface area contributed by atoms with E-state index in [9.17, 15) is 18.0 Å². The number of benzene rings is 3. The molecule has 0 saturated carbocycles. The van der Waals surface area contributed by atoms with E-state index in [2.05, 4.69) is 21.2 Å². The maximum Gasteiger partial charge on any atom is 0.264 e. The van der Waals surface area contributed by atoms with E-state index >= 15 is 0 Å². The highest BCUT2D eigenvalue weighted by Gasteiger charge is 2.33. The summed E-state index contributed by atoms with van der Waals surface area (Å²) in [5.41, 5.74) is 4.03. The molecule has 3 aromatic carbocycles. The number of nitrogens with zero attached hydrogens (tertiary/aromatic N) is 2. The first kappa shape index (κ1) is 31.4. The Morgan fingerprint density at radius 1 is 0.925 bits per heavy atom. The molecule has 3 aromatic rings. The van der Waals surface area contributed by atoms with Gasteiger partial charge >= 0.3 is 0 Å². The Labute approximate surface area is 246 Å². The highest BCUT2D eigenvalue weighted by Crippen LogP contribution is 2.27. The molecule has 0 radical (unpaired) electrons. The van der Waals surface area contributed by atoms with Crippen LogP contribution in [-0.2, 0) is 26.2 Å². The van der Waals surface area contributed by atoms with Crippen molar-refractivity contribution in [2.45, 2.75) is 71.5 Å². The number of rotatable bonds is 11. The molecule has 9 heteroatoms. The fourth-order valence-corrected chi connectivity index (χ4v) is 5.98. The molecule has 214 valence electrons. The quantitative estimate of drug-likeness (QED) is 0.287. The van der Waals surface area contributed by atoms with Gasteiger partial charge in [-0.05, 0) is 94.1 Å². The SMILES string of the molecule is CC[C@H](C)NC(=O)[C@@H](C)N(Cc1cccc(Br)c1)C(=O)CN(c1ccc(C)c(C)c1)S(=O)(=O)c1ccc(C)cc1. The van der Waals surface area contributed by atoms with Gasteiger partial charge in [0, 0.05) is 17.1 Å². The van der Waals surface area contributed by atoms with Crippen LogP contribution in [0.1, 0.15) is 49.4 Å². The molecule has 40 heavy (non-hydrogen) atoms. The van der Waals surface area contributed by atoms with Gasteiger partial charge in [0.1, 0.15) is 12.6 Å². The van der Waals surface area contributed by atoms with E-state index < -0.39 is 28.5 Å². The van der Waals surface area contributed by atoms with Gasteiger partial charge in [0.25, 0.3) is 10.0 Å². The zero-order valence-corrected chi connectivity index (χ0v) is 26.3. The summed E-state index contributed by atoms with van der Waals surface area (Å²) in [5, 5.41) is 2.95. The molecule has 0 aromatic heterocycles. The van der Waals surface area contributed by atoms with Crippen molar-refractivity contribution in [2.75, 3.05) is 10.8 Å². The van der Waals surface area contributed by atoms with Crippen LogP contribution in [0.4, 0.5) is 5.69 Å². The van der Waals surface area contributed by atoms with E-state index in [-0.39, 0.29) is 23.4 Å². The summed E-state index contributed by atoms with van der Waals surface area (Å²) in [6.45, 7) is 10.9. The van der Waals surface area contributed by atoms with E-state index in [0.29, 0.717) is 5.69 Å². The number of amides is 2. The Balaban J connectivity index is 2.05. The summed E-state index contributed by atoms with van der Waals surface area (Å²) < 4.78 is 29.9. The van der Waals surface area contributed by atoms with Crippen LogP contribution in [0.15, 0.2) is 76.1 Å². The number of hydrogen-bond acceptors (Lipinski definition) is 4. The normalized spacial score (nSPS) is 12.9. The lowest BCUT2D eigenvalue weighted by Gasteiger charge is -2.32. The van der Waals surface area contributed by atoms with Crippen LogP contribution in [-0.4, -0.2) is 43.8 Å². The van der Waals surface area contributed by atoms with Gasteiger partial charge in [0.2, 0.25) is 11.8 Å². The molecule has 0 aliphatic carbocycles. The van der Waals surface area contributed by atoms with Crippen molar-refractivity contribution in [2.24, 2.45) is 0 Å². The monoisotopic (exact) mass is 627 g/mol. The largest absolute Gasteiger partial charge is 0.352 e. The second kappa shape index (κ2) is 13.5. The van der Waals surface area contributed by atoms with Crippen LogP contribution in [0.2, 0.25) is 0 Å². The maximum absolute atomic E-state index is 14.0. The van der Waals surface area contributed by atoms with E-state index in [1.165, 1.54) is 4.90 Å². The van der Waals surface area contributed by atoms with Crippen molar-refractivity contribution < 1.29 is 18.0 Å². The third-order valence-corrected chi connectivity index (χ3v) is 9.36. The molecule has 2 amide bonds. The van der Waals surface area contributed by atoms with Crippen molar-refractivity contribution in [1.82, 2.24) is 10.2 Å². The first-order chi connectivity index (χ1) is 18.8. The first-order valence-corrected chi connectivity index (χ1v) is 15.6. The van der Waals surface area contributed by atoms with Gasteiger partial charge < -0.3 is 10.2 Å². The molecular weight excluding hydrogens is 590 g/mol. The Kier molecular flexibility index (Phi) is 10.6. The Bertz CT molecular complexity index is 1460. The molecular formula is C31H38BrN3O4S. The van der Waals surface area contributed by atoms with Gasteiger partial charge in [-0.1, -0.05) is 58.7 Å². The molecule has 1 N–H and O–H groups in total. The number of carbonyl (C=O) groups excluding carboxylic acids is 2. The van der Waals surface area contributed by atoms with Crippen LogP contribution in [0.25, 0.3) is 0 Å². The van der Waals surface area contributed by atoms with Gasteiger partial charge in [-0.15, -0.1) is 0 Å². The molecule has 7 nitrogen and oxygen atoms in total. The van der Waals surface area contributed by atoms with Crippen LogP contribution in [0.5, 0.6) is 0 Å². The van der Waals surface area contributed by atoms with Crippen molar-refractivity contribution >= 4 is 43.5 Å². The van der Waals surface area contributed by atoms with Crippen LogP contribution < -0.4 is 9.62 Å². The van der Waals surface area contributed by atoms with Crippen LogP contribution >= 0.6 is 15.9 Å². The minimum atomic E-state index is -4.10. The smallest absolute Gasteiger partial charge is 0.264 e. The fourth-order valence-electron chi connectivity index (χ4n) is 4.13. The highest BCUT2D eigenvalue weighted by atomic mass is 79.9. The summed E-state index contributed by atoms with van der Waals surface area (Å²) in [7, 11) is -4.10. The van der Waals surface area contributed by atoms with Crippen LogP contribution in [0, 0.1) is 20.8 Å². The Morgan fingerprint density at radius 2 is 1.60 bits per heavy atom. The second-order valence-electron chi connectivity index (χ2n) is 10.2. The molecule has 0 spiro atoms. The minimum absolute atomic E-state index is 0.0632. The van der Waals surface area contributed by atoms with Gasteiger partial charge in [-0.2, -0.15) is 0 Å². The molecule has 3 rings (SSSR count). The van der Waals surface area contributed by atoms with Gasteiger partial charge in [-0.3, -0.25) is 13.9 Å². The van der Waals surface area contributed by atoms with Crippen molar-refractivity contribution in [3.8, 4) is 0 Å². The van der Waals surface area contributed by atoms with E-state index in [0.717, 1.165) is 37.5 Å². The molecule has 0 unspecified atom stereocenters. The average molecular weight is 629 g/mol. The number of aryl methyl sites for hydroxylation is 3. The lowest BCUT2D eigenvalue weighted by atomic mass is 10.1. The summed E-state index contributed by atoms with van der Waals surface area (Å²) in [5.74, 6) is -0.780. The van der Waals surface area contributed by atoms with E-state index in [1.54, 1.807) is 43.3 Å². The summed E-state index contributed by atoms with van der Waals surface area (Å²) >= 11 is 3.47. The molecule has 0 fully saturated rings. The minimum Gasteiger partial charge on any atom is -0.352 e. The van der Waals surface area contributed by atoms with Gasteiger partial charge in [0.15, 0.2) is 0 Å². The first-order valence-electron chi connectivity index (χ1n) is 13.3.